The van der Waals surface area contributed by atoms with E-state index in [1.54, 1.807) is 12.1 Å². The van der Waals surface area contributed by atoms with Crippen LogP contribution in [0.5, 0.6) is 0 Å². The third-order valence-electron chi connectivity index (χ3n) is 9.72. The van der Waals surface area contributed by atoms with Gasteiger partial charge in [-0.2, -0.15) is 26.3 Å². The number of nitrogens with zero attached hydrogens (tertiary/aromatic N) is 2. The summed E-state index contributed by atoms with van der Waals surface area (Å²) in [6.07, 6.45) is -9.03. The van der Waals surface area contributed by atoms with Gasteiger partial charge in [0.1, 0.15) is 0 Å². The highest BCUT2D eigenvalue weighted by Gasteiger charge is 2.32. The van der Waals surface area contributed by atoms with Gasteiger partial charge in [0.15, 0.2) is 0 Å². The van der Waals surface area contributed by atoms with Crippen molar-refractivity contribution in [3.05, 3.63) is 169 Å². The first-order chi connectivity index (χ1) is 25.0. The molecule has 0 saturated heterocycles. The second-order valence-electron chi connectivity index (χ2n) is 12.8. The molecular weight excluding hydrogens is 670 g/mol. The molecule has 7 aromatic carbocycles. The fourth-order valence-electron chi connectivity index (χ4n) is 7.38. The minimum absolute atomic E-state index is 0.458. The van der Waals surface area contributed by atoms with Gasteiger partial charge in [-0.25, -0.2) is 0 Å². The highest BCUT2D eigenvalue weighted by atomic mass is 19.4. The summed E-state index contributed by atoms with van der Waals surface area (Å²) in [6.45, 7) is 0. The molecule has 52 heavy (non-hydrogen) atoms. The molecule has 0 amide bonds. The molecule has 0 fully saturated rings. The predicted molar refractivity (Wildman–Crippen MR) is 196 cm³/mol. The Balaban J connectivity index is 1.36. The second-order valence-corrected chi connectivity index (χ2v) is 12.8. The molecule has 0 atom stereocenters. The fourth-order valence-corrected chi connectivity index (χ4v) is 7.38. The van der Waals surface area contributed by atoms with Gasteiger partial charge in [0.2, 0.25) is 0 Å². The molecule has 9 rings (SSSR count). The molecule has 0 unspecified atom stereocenters. The van der Waals surface area contributed by atoms with Crippen molar-refractivity contribution in [2.75, 3.05) is 0 Å². The molecule has 0 bridgehead atoms. The van der Waals surface area contributed by atoms with E-state index in [-0.39, 0.29) is 0 Å². The van der Waals surface area contributed by atoms with Gasteiger partial charge in [-0.3, -0.25) is 0 Å². The van der Waals surface area contributed by atoms with E-state index in [1.165, 1.54) is 24.3 Å². The molecule has 0 spiro atoms. The van der Waals surface area contributed by atoms with E-state index < -0.39 is 23.5 Å². The van der Waals surface area contributed by atoms with E-state index in [9.17, 15) is 26.3 Å². The Kier molecular flexibility index (Phi) is 7.09. The normalized spacial score (nSPS) is 12.4. The van der Waals surface area contributed by atoms with Crippen LogP contribution in [-0.2, 0) is 12.4 Å². The van der Waals surface area contributed by atoms with Crippen LogP contribution in [0.15, 0.2) is 158 Å². The molecule has 0 saturated carbocycles. The van der Waals surface area contributed by atoms with Crippen LogP contribution in [0.2, 0.25) is 0 Å². The van der Waals surface area contributed by atoms with Crippen LogP contribution in [-0.4, -0.2) is 9.13 Å². The van der Waals surface area contributed by atoms with Gasteiger partial charge in [0, 0.05) is 32.9 Å². The smallest absolute Gasteiger partial charge is 0.309 e. The summed E-state index contributed by atoms with van der Waals surface area (Å²) in [6, 6.07) is 46.2. The number of halogens is 6. The van der Waals surface area contributed by atoms with E-state index >= 15 is 0 Å². The summed E-state index contributed by atoms with van der Waals surface area (Å²) in [4.78, 5) is 0. The third kappa shape index (κ3) is 5.21. The van der Waals surface area contributed by atoms with E-state index in [2.05, 4.69) is 6.07 Å². The van der Waals surface area contributed by atoms with Gasteiger partial charge >= 0.3 is 12.4 Å². The minimum Gasteiger partial charge on any atom is -0.309 e. The first-order valence-electron chi connectivity index (χ1n) is 16.6. The van der Waals surface area contributed by atoms with Gasteiger partial charge in [-0.15, -0.1) is 0 Å². The summed E-state index contributed by atoms with van der Waals surface area (Å²) in [5, 5.41) is 2.25. The maximum absolute atomic E-state index is 13.9. The number of rotatable bonds is 4. The van der Waals surface area contributed by atoms with Gasteiger partial charge in [-0.05, 0) is 95.1 Å². The van der Waals surface area contributed by atoms with Crippen molar-refractivity contribution in [2.45, 2.75) is 12.4 Å². The summed E-state index contributed by atoms with van der Waals surface area (Å²) in [7, 11) is 0. The Hall–Kier alpha value is -6.28. The van der Waals surface area contributed by atoms with Crippen molar-refractivity contribution in [2.24, 2.45) is 0 Å². The number of benzene rings is 7. The Morgan fingerprint density at radius 2 is 0.731 bits per heavy atom. The Morgan fingerprint density at radius 1 is 0.308 bits per heavy atom. The van der Waals surface area contributed by atoms with E-state index in [1.807, 2.05) is 112 Å². The lowest BCUT2D eigenvalue weighted by molar-refractivity contribution is -0.138. The van der Waals surface area contributed by atoms with E-state index in [4.69, 9.17) is 0 Å². The van der Waals surface area contributed by atoms with Crippen LogP contribution in [0.25, 0.3) is 77.2 Å². The third-order valence-corrected chi connectivity index (χ3v) is 9.72. The number of hydrogen-bond donors (Lipinski definition) is 0. The molecule has 0 aliphatic rings. The molecule has 0 radical (unpaired) electrons. The molecule has 0 aliphatic heterocycles. The lowest BCUT2D eigenvalue weighted by atomic mass is 9.98. The minimum atomic E-state index is -4.52. The molecule has 2 aromatic heterocycles. The number of aromatic nitrogens is 2. The monoisotopic (exact) mass is 696 g/mol. The SMILES string of the molecule is FC(F)(F)c1ccc2c(c1)c1ccccc1n2-c1cc(-c2cccc(-c3ccccc3)c2)cc(-n2c3ccccc3c3cc(C(F)(F)F)ccc32)c1. The molecule has 0 aliphatic carbocycles. The lowest BCUT2D eigenvalue weighted by Gasteiger charge is -2.16. The summed E-state index contributed by atoms with van der Waals surface area (Å²) in [5.74, 6) is 0. The summed E-state index contributed by atoms with van der Waals surface area (Å²) in [5.41, 5.74) is 6.25. The van der Waals surface area contributed by atoms with Gasteiger partial charge in [-0.1, -0.05) is 84.9 Å². The number of hydrogen-bond acceptors (Lipinski definition) is 0. The van der Waals surface area contributed by atoms with Crippen LogP contribution in [0.1, 0.15) is 11.1 Å². The number of alkyl halides is 6. The number of fused-ring (bicyclic) bond motifs is 6. The zero-order valence-corrected chi connectivity index (χ0v) is 27.2. The van der Waals surface area contributed by atoms with Crippen LogP contribution in [0, 0.1) is 0 Å². The van der Waals surface area contributed by atoms with Crippen molar-refractivity contribution < 1.29 is 26.3 Å². The van der Waals surface area contributed by atoms with Crippen LogP contribution in [0.3, 0.4) is 0 Å². The van der Waals surface area contributed by atoms with Crippen molar-refractivity contribution in [3.8, 4) is 33.6 Å². The van der Waals surface area contributed by atoms with E-state index in [0.29, 0.717) is 44.0 Å². The zero-order valence-electron chi connectivity index (χ0n) is 27.2. The number of para-hydroxylation sites is 2. The molecule has 254 valence electrons. The van der Waals surface area contributed by atoms with Crippen molar-refractivity contribution in [3.63, 3.8) is 0 Å². The molecule has 9 aromatic rings. The largest absolute Gasteiger partial charge is 0.416 e. The van der Waals surface area contributed by atoms with Crippen LogP contribution < -0.4 is 0 Å². The Labute approximate surface area is 293 Å². The fraction of sp³-hybridized carbons (Fsp3) is 0.0455. The van der Waals surface area contributed by atoms with Gasteiger partial charge in [0.05, 0.1) is 33.2 Å². The first-order valence-corrected chi connectivity index (χ1v) is 16.6. The van der Waals surface area contributed by atoms with Crippen molar-refractivity contribution in [1.82, 2.24) is 9.13 Å². The zero-order chi connectivity index (χ0) is 35.8. The molecule has 8 heteroatoms. The Morgan fingerprint density at radius 3 is 1.23 bits per heavy atom. The molecular formula is C44H26F6N2. The van der Waals surface area contributed by atoms with Crippen molar-refractivity contribution >= 4 is 43.6 Å². The standard InChI is InChI=1S/C44H26F6N2/c45-43(46,47)31-17-19-41-37(24-31)35-13-4-6-15-39(35)51(41)33-22-30(29-12-8-11-28(21-29)27-9-2-1-3-10-27)23-34(26-33)52-40-16-7-5-14-36(40)38-25-32(44(48,49)50)18-20-42(38)52/h1-26H. The van der Waals surface area contributed by atoms with Crippen molar-refractivity contribution in [1.29, 1.82) is 0 Å². The molecule has 2 nitrogen and oxygen atoms in total. The van der Waals surface area contributed by atoms with Crippen LogP contribution >= 0.6 is 0 Å². The Bertz CT molecular complexity index is 2670. The van der Waals surface area contributed by atoms with E-state index in [0.717, 1.165) is 45.4 Å². The molecule has 0 N–H and O–H groups in total. The molecule has 2 heterocycles. The average molecular weight is 697 g/mol. The maximum atomic E-state index is 13.9. The topological polar surface area (TPSA) is 9.86 Å². The lowest BCUT2D eigenvalue weighted by Crippen LogP contribution is -2.05. The summed E-state index contributed by atoms with van der Waals surface area (Å²) >= 11 is 0. The highest BCUT2D eigenvalue weighted by Crippen LogP contribution is 2.41. The average Bonchev–Trinajstić information content (AvgIpc) is 3.67. The predicted octanol–water partition coefficient (Wildman–Crippen LogP) is 13.3. The van der Waals surface area contributed by atoms with Gasteiger partial charge < -0.3 is 9.13 Å². The quantitative estimate of drug-likeness (QED) is 0.162. The highest BCUT2D eigenvalue weighted by molar-refractivity contribution is 6.11. The first kappa shape index (κ1) is 31.7. The second kappa shape index (κ2) is 11.6. The summed E-state index contributed by atoms with van der Waals surface area (Å²) < 4.78 is 87.5. The van der Waals surface area contributed by atoms with Gasteiger partial charge in [0.25, 0.3) is 0 Å². The van der Waals surface area contributed by atoms with Crippen LogP contribution in [0.4, 0.5) is 26.3 Å². The maximum Gasteiger partial charge on any atom is 0.416 e.